The molecule has 6 heteroatoms. The van der Waals surface area contributed by atoms with Gasteiger partial charge in [-0.1, -0.05) is 36.4 Å². The molecule has 4 nitrogen and oxygen atoms in total. The van der Waals surface area contributed by atoms with E-state index in [4.69, 9.17) is 0 Å². The molecule has 0 bridgehead atoms. The van der Waals surface area contributed by atoms with E-state index in [1.165, 1.54) is 11.3 Å². The summed E-state index contributed by atoms with van der Waals surface area (Å²) in [5.74, 6) is 3.32. The Morgan fingerprint density at radius 1 is 1.19 bits per heavy atom. The van der Waals surface area contributed by atoms with E-state index in [0.717, 1.165) is 29.7 Å². The standard InChI is InChI=1S/C21H27N3OS2/c1-22-21(23-13-15-27(25)20-10-6-3-7-11-20)24-14-12-18(16-24)17-26-19-8-4-2-5-9-19/h2-11,18H,12-17H2,1H3,(H,22,23). The van der Waals surface area contributed by atoms with E-state index in [1.54, 1.807) is 0 Å². The number of likely N-dealkylation sites (tertiary alicyclic amines) is 1. The topological polar surface area (TPSA) is 44.7 Å². The van der Waals surface area contributed by atoms with Crippen molar-refractivity contribution in [1.29, 1.82) is 0 Å². The van der Waals surface area contributed by atoms with Crippen molar-refractivity contribution in [2.24, 2.45) is 10.9 Å². The Hall–Kier alpha value is -1.79. The lowest BCUT2D eigenvalue weighted by Gasteiger charge is -2.21. The van der Waals surface area contributed by atoms with Crippen LogP contribution in [0.4, 0.5) is 0 Å². The molecule has 0 radical (unpaired) electrons. The fourth-order valence-corrected chi connectivity index (χ4v) is 5.20. The van der Waals surface area contributed by atoms with Crippen molar-refractivity contribution in [2.75, 3.05) is 38.2 Å². The number of nitrogens with one attached hydrogen (secondary N) is 1. The molecule has 0 saturated carbocycles. The van der Waals surface area contributed by atoms with Crippen LogP contribution in [0.5, 0.6) is 0 Å². The molecule has 0 amide bonds. The lowest BCUT2D eigenvalue weighted by atomic mass is 10.2. The monoisotopic (exact) mass is 401 g/mol. The molecule has 27 heavy (non-hydrogen) atoms. The number of aliphatic imine (C=N–C) groups is 1. The number of hydrogen-bond acceptors (Lipinski definition) is 3. The number of benzene rings is 2. The summed E-state index contributed by atoms with van der Waals surface area (Å²) < 4.78 is 12.3. The number of nitrogens with zero attached hydrogens (tertiary/aromatic N) is 2. The molecule has 2 aromatic rings. The first kappa shape index (κ1) is 20.0. The normalized spacial score (nSPS) is 18.5. The molecule has 1 fully saturated rings. The van der Waals surface area contributed by atoms with E-state index in [1.807, 2.05) is 49.1 Å². The van der Waals surface area contributed by atoms with Crippen molar-refractivity contribution < 1.29 is 4.21 Å². The molecule has 1 aliphatic rings. The molecule has 2 atom stereocenters. The molecular weight excluding hydrogens is 374 g/mol. The van der Waals surface area contributed by atoms with Crippen LogP contribution in [0.15, 0.2) is 75.4 Å². The number of rotatable bonds is 7. The summed E-state index contributed by atoms with van der Waals surface area (Å²) in [4.78, 5) is 8.96. The Morgan fingerprint density at radius 2 is 1.89 bits per heavy atom. The van der Waals surface area contributed by atoms with Crippen molar-refractivity contribution in [3.8, 4) is 0 Å². The average molecular weight is 402 g/mol. The highest BCUT2D eigenvalue weighted by Gasteiger charge is 2.24. The predicted octanol–water partition coefficient (Wildman–Crippen LogP) is 3.48. The summed E-state index contributed by atoms with van der Waals surface area (Å²) in [5, 5.41) is 3.38. The third kappa shape index (κ3) is 6.11. The SMILES string of the molecule is CN=C(NCCS(=O)c1ccccc1)N1CCC(CSc2ccccc2)C1. The largest absolute Gasteiger partial charge is 0.355 e. The fraction of sp³-hybridized carbons (Fsp3) is 0.381. The lowest BCUT2D eigenvalue weighted by molar-refractivity contribution is 0.476. The molecular formula is C21H27N3OS2. The maximum absolute atomic E-state index is 12.3. The highest BCUT2D eigenvalue weighted by Crippen LogP contribution is 2.25. The fourth-order valence-electron chi connectivity index (χ4n) is 3.17. The number of thioether (sulfide) groups is 1. The van der Waals surface area contributed by atoms with Gasteiger partial charge in [0.25, 0.3) is 0 Å². The van der Waals surface area contributed by atoms with Gasteiger partial charge in [-0.2, -0.15) is 0 Å². The van der Waals surface area contributed by atoms with Gasteiger partial charge < -0.3 is 10.2 Å². The molecule has 2 aromatic carbocycles. The van der Waals surface area contributed by atoms with E-state index >= 15 is 0 Å². The zero-order chi connectivity index (χ0) is 18.9. The Balaban J connectivity index is 1.41. The molecule has 1 aliphatic heterocycles. The highest BCUT2D eigenvalue weighted by molar-refractivity contribution is 7.99. The minimum atomic E-state index is -0.974. The highest BCUT2D eigenvalue weighted by atomic mass is 32.2. The molecule has 2 unspecified atom stereocenters. The molecule has 0 spiro atoms. The van der Waals surface area contributed by atoms with Gasteiger partial charge in [0.1, 0.15) is 0 Å². The quantitative estimate of drug-likeness (QED) is 0.438. The second kappa shape index (κ2) is 10.5. The van der Waals surface area contributed by atoms with Gasteiger partial charge in [-0.15, -0.1) is 11.8 Å². The third-order valence-electron chi connectivity index (χ3n) is 4.60. The summed E-state index contributed by atoms with van der Waals surface area (Å²) in [6.07, 6.45) is 1.19. The maximum atomic E-state index is 12.3. The van der Waals surface area contributed by atoms with Crippen molar-refractivity contribution in [1.82, 2.24) is 10.2 Å². The molecule has 1 heterocycles. The first-order valence-corrected chi connectivity index (χ1v) is 11.6. The maximum Gasteiger partial charge on any atom is 0.193 e. The van der Waals surface area contributed by atoms with Crippen LogP contribution in [-0.4, -0.2) is 53.3 Å². The van der Waals surface area contributed by atoms with Gasteiger partial charge in [0.2, 0.25) is 0 Å². The second-order valence-electron chi connectivity index (χ2n) is 6.56. The first-order valence-electron chi connectivity index (χ1n) is 9.33. The van der Waals surface area contributed by atoms with Gasteiger partial charge in [-0.3, -0.25) is 9.20 Å². The van der Waals surface area contributed by atoms with E-state index < -0.39 is 10.8 Å². The van der Waals surface area contributed by atoms with Crippen LogP contribution >= 0.6 is 11.8 Å². The number of guanidine groups is 1. The molecule has 1 N–H and O–H groups in total. The Kier molecular flexibility index (Phi) is 7.78. The van der Waals surface area contributed by atoms with E-state index in [2.05, 4.69) is 45.5 Å². The lowest BCUT2D eigenvalue weighted by Crippen LogP contribution is -2.41. The van der Waals surface area contributed by atoms with Crippen molar-refractivity contribution in [3.05, 3.63) is 60.7 Å². The van der Waals surface area contributed by atoms with Crippen molar-refractivity contribution in [3.63, 3.8) is 0 Å². The van der Waals surface area contributed by atoms with Crippen LogP contribution in [0.1, 0.15) is 6.42 Å². The minimum Gasteiger partial charge on any atom is -0.355 e. The van der Waals surface area contributed by atoms with Crippen LogP contribution in [0.25, 0.3) is 0 Å². The molecule has 144 valence electrons. The van der Waals surface area contributed by atoms with E-state index in [-0.39, 0.29) is 0 Å². The smallest absolute Gasteiger partial charge is 0.193 e. The summed E-state index contributed by atoms with van der Waals surface area (Å²) in [7, 11) is 0.848. The Morgan fingerprint density at radius 3 is 2.59 bits per heavy atom. The summed E-state index contributed by atoms with van der Waals surface area (Å²) >= 11 is 1.93. The second-order valence-corrected chi connectivity index (χ2v) is 9.23. The molecule has 0 aromatic heterocycles. The van der Waals surface area contributed by atoms with Crippen LogP contribution in [-0.2, 0) is 10.8 Å². The van der Waals surface area contributed by atoms with Gasteiger partial charge in [0.15, 0.2) is 5.96 Å². The Bertz CT molecular complexity index is 753. The molecule has 3 rings (SSSR count). The zero-order valence-electron chi connectivity index (χ0n) is 15.7. The van der Waals surface area contributed by atoms with E-state index in [0.29, 0.717) is 18.2 Å². The van der Waals surface area contributed by atoms with Crippen LogP contribution in [0, 0.1) is 5.92 Å². The molecule has 0 aliphatic carbocycles. The van der Waals surface area contributed by atoms with Gasteiger partial charge in [-0.25, -0.2) is 0 Å². The summed E-state index contributed by atoms with van der Waals surface area (Å²) in [6, 6.07) is 20.2. The summed E-state index contributed by atoms with van der Waals surface area (Å²) in [5.41, 5.74) is 0. The van der Waals surface area contributed by atoms with Crippen molar-refractivity contribution >= 4 is 28.5 Å². The number of hydrogen-bond donors (Lipinski definition) is 1. The zero-order valence-corrected chi connectivity index (χ0v) is 17.3. The van der Waals surface area contributed by atoms with Crippen LogP contribution in [0.3, 0.4) is 0 Å². The average Bonchev–Trinajstić information content (AvgIpc) is 3.20. The van der Waals surface area contributed by atoms with Crippen LogP contribution < -0.4 is 5.32 Å². The molecule has 1 saturated heterocycles. The van der Waals surface area contributed by atoms with Crippen molar-refractivity contribution in [2.45, 2.75) is 16.2 Å². The van der Waals surface area contributed by atoms with Gasteiger partial charge >= 0.3 is 0 Å². The van der Waals surface area contributed by atoms with Gasteiger partial charge in [-0.05, 0) is 36.6 Å². The van der Waals surface area contributed by atoms with Gasteiger partial charge in [0, 0.05) is 48.0 Å². The van der Waals surface area contributed by atoms with Crippen LogP contribution in [0.2, 0.25) is 0 Å². The van der Waals surface area contributed by atoms with Gasteiger partial charge in [0.05, 0.1) is 10.8 Å². The first-order chi connectivity index (χ1) is 13.3. The Labute approximate surface area is 168 Å². The third-order valence-corrected chi connectivity index (χ3v) is 7.22. The minimum absolute atomic E-state index is 0.587. The summed E-state index contributed by atoms with van der Waals surface area (Å²) in [6.45, 7) is 2.72. The predicted molar refractivity (Wildman–Crippen MR) is 116 cm³/mol. The van der Waals surface area contributed by atoms with E-state index in [9.17, 15) is 4.21 Å².